The molecule has 0 aliphatic rings. The number of benzene rings is 3. The van der Waals surface area contributed by atoms with Gasteiger partial charge in [0.2, 0.25) is 10.0 Å². The standard InChI is InChI=1S/C24H22F4N2O3S/c1-15-4-10-20(12-16(15)2)30(34(3,32)33)14-17-5-7-18(8-6-17)23(31)29-22-13-19(24(26,27)28)9-11-21(22)25/h4-13H,14H2,1-3H3,(H,29,31). The van der Waals surface area contributed by atoms with Gasteiger partial charge in [-0.25, -0.2) is 12.8 Å². The highest BCUT2D eigenvalue weighted by molar-refractivity contribution is 7.92. The SMILES string of the molecule is Cc1ccc(N(Cc2ccc(C(=O)Nc3cc(C(F)(F)F)ccc3F)cc2)S(C)(=O)=O)cc1C. The number of nitrogens with one attached hydrogen (secondary N) is 1. The van der Waals surface area contributed by atoms with E-state index in [1.54, 1.807) is 12.1 Å². The van der Waals surface area contributed by atoms with Crippen LogP contribution in [0.2, 0.25) is 0 Å². The lowest BCUT2D eigenvalue weighted by Gasteiger charge is -2.23. The van der Waals surface area contributed by atoms with Gasteiger partial charge in [-0.05, 0) is 73.0 Å². The molecule has 0 saturated heterocycles. The van der Waals surface area contributed by atoms with Crippen molar-refractivity contribution in [2.24, 2.45) is 0 Å². The van der Waals surface area contributed by atoms with Crippen LogP contribution in [0, 0.1) is 19.7 Å². The molecule has 5 nitrogen and oxygen atoms in total. The van der Waals surface area contributed by atoms with Crippen LogP contribution in [-0.2, 0) is 22.7 Å². The third-order valence-electron chi connectivity index (χ3n) is 5.26. The molecule has 3 rings (SSSR count). The molecule has 34 heavy (non-hydrogen) atoms. The van der Waals surface area contributed by atoms with Crippen LogP contribution < -0.4 is 9.62 Å². The molecule has 180 valence electrons. The third kappa shape index (κ3) is 5.93. The van der Waals surface area contributed by atoms with Crippen molar-refractivity contribution in [2.75, 3.05) is 15.9 Å². The maximum Gasteiger partial charge on any atom is 0.416 e. The molecular formula is C24H22F4N2O3S. The van der Waals surface area contributed by atoms with Gasteiger partial charge in [0.05, 0.1) is 29.7 Å². The van der Waals surface area contributed by atoms with E-state index in [0.717, 1.165) is 17.4 Å². The van der Waals surface area contributed by atoms with E-state index in [4.69, 9.17) is 0 Å². The zero-order chi connectivity index (χ0) is 25.3. The number of amides is 1. The highest BCUT2D eigenvalue weighted by Crippen LogP contribution is 2.32. The summed E-state index contributed by atoms with van der Waals surface area (Å²) < 4.78 is 78.6. The van der Waals surface area contributed by atoms with Crippen molar-refractivity contribution in [3.8, 4) is 0 Å². The van der Waals surface area contributed by atoms with Gasteiger partial charge in [-0.2, -0.15) is 13.2 Å². The fourth-order valence-electron chi connectivity index (χ4n) is 3.20. The van der Waals surface area contributed by atoms with Crippen LogP contribution in [0.4, 0.5) is 28.9 Å². The number of alkyl halides is 3. The van der Waals surface area contributed by atoms with Crippen molar-refractivity contribution in [2.45, 2.75) is 26.6 Å². The highest BCUT2D eigenvalue weighted by atomic mass is 32.2. The molecule has 0 aliphatic carbocycles. The van der Waals surface area contributed by atoms with Crippen LogP contribution in [0.3, 0.4) is 0 Å². The fourth-order valence-corrected chi connectivity index (χ4v) is 4.08. The summed E-state index contributed by atoms with van der Waals surface area (Å²) in [6, 6.07) is 12.9. The molecule has 3 aromatic carbocycles. The van der Waals surface area contributed by atoms with Crippen molar-refractivity contribution in [1.82, 2.24) is 0 Å². The molecule has 0 fully saturated rings. The van der Waals surface area contributed by atoms with Crippen molar-refractivity contribution in [3.63, 3.8) is 0 Å². The maximum absolute atomic E-state index is 13.9. The molecular weight excluding hydrogens is 472 g/mol. The number of aryl methyl sites for hydroxylation is 2. The number of sulfonamides is 1. The second-order valence-corrected chi connectivity index (χ2v) is 9.79. The Morgan fingerprint density at radius 2 is 1.59 bits per heavy atom. The van der Waals surface area contributed by atoms with Gasteiger partial charge in [0.1, 0.15) is 5.82 Å². The van der Waals surface area contributed by atoms with Crippen LogP contribution in [0.5, 0.6) is 0 Å². The van der Waals surface area contributed by atoms with E-state index in [1.807, 2.05) is 19.9 Å². The first-order valence-corrected chi connectivity index (χ1v) is 11.9. The van der Waals surface area contributed by atoms with Crippen molar-refractivity contribution in [1.29, 1.82) is 0 Å². The first kappa shape index (κ1) is 25.2. The molecule has 0 radical (unpaired) electrons. The Morgan fingerprint density at radius 3 is 2.15 bits per heavy atom. The summed E-state index contributed by atoms with van der Waals surface area (Å²) >= 11 is 0. The molecule has 0 heterocycles. The van der Waals surface area contributed by atoms with E-state index in [0.29, 0.717) is 29.4 Å². The molecule has 0 unspecified atom stereocenters. The lowest BCUT2D eigenvalue weighted by molar-refractivity contribution is -0.137. The van der Waals surface area contributed by atoms with Gasteiger partial charge >= 0.3 is 6.18 Å². The zero-order valence-corrected chi connectivity index (χ0v) is 19.4. The number of halogens is 4. The average molecular weight is 495 g/mol. The molecule has 10 heteroatoms. The lowest BCUT2D eigenvalue weighted by atomic mass is 10.1. The van der Waals surface area contributed by atoms with Gasteiger partial charge in [0.15, 0.2) is 0 Å². The van der Waals surface area contributed by atoms with Gasteiger partial charge < -0.3 is 5.32 Å². The summed E-state index contributed by atoms with van der Waals surface area (Å²) in [6.45, 7) is 3.80. The number of hydrogen-bond donors (Lipinski definition) is 1. The van der Waals surface area contributed by atoms with Gasteiger partial charge in [0.25, 0.3) is 5.91 Å². The van der Waals surface area contributed by atoms with E-state index in [2.05, 4.69) is 5.32 Å². The van der Waals surface area contributed by atoms with Crippen molar-refractivity contribution < 1.29 is 30.8 Å². The predicted octanol–water partition coefficient (Wildman–Crippen LogP) is 5.68. The summed E-state index contributed by atoms with van der Waals surface area (Å²) in [6.07, 6.45) is -3.59. The molecule has 1 amide bonds. The van der Waals surface area contributed by atoms with Crippen LogP contribution in [0.25, 0.3) is 0 Å². The minimum Gasteiger partial charge on any atom is -0.319 e. The Labute approximate surface area is 195 Å². The van der Waals surface area contributed by atoms with E-state index < -0.39 is 39.2 Å². The average Bonchev–Trinajstić information content (AvgIpc) is 2.74. The molecule has 0 aliphatic heterocycles. The molecule has 0 saturated carbocycles. The molecule has 0 spiro atoms. The van der Waals surface area contributed by atoms with E-state index in [-0.39, 0.29) is 12.1 Å². The fraction of sp³-hybridized carbons (Fsp3) is 0.208. The van der Waals surface area contributed by atoms with Crippen LogP contribution >= 0.6 is 0 Å². The number of hydrogen-bond acceptors (Lipinski definition) is 3. The molecule has 3 aromatic rings. The largest absolute Gasteiger partial charge is 0.416 e. The third-order valence-corrected chi connectivity index (χ3v) is 6.40. The topological polar surface area (TPSA) is 66.5 Å². The second kappa shape index (κ2) is 9.46. The van der Waals surface area contributed by atoms with Gasteiger partial charge in [-0.15, -0.1) is 0 Å². The Kier molecular flexibility index (Phi) is 7.02. The van der Waals surface area contributed by atoms with Gasteiger partial charge in [-0.1, -0.05) is 18.2 Å². The molecule has 1 N–H and O–H groups in total. The summed E-state index contributed by atoms with van der Waals surface area (Å²) in [7, 11) is -3.61. The number of rotatable bonds is 6. The van der Waals surface area contributed by atoms with Crippen LogP contribution in [0.1, 0.15) is 32.6 Å². The number of carbonyl (C=O) groups excluding carboxylic acids is 1. The summed E-state index contributed by atoms with van der Waals surface area (Å²) in [5.74, 6) is -1.81. The predicted molar refractivity (Wildman–Crippen MR) is 123 cm³/mol. The first-order valence-electron chi connectivity index (χ1n) is 10.1. The number of nitrogens with zero attached hydrogens (tertiary/aromatic N) is 1. The smallest absolute Gasteiger partial charge is 0.319 e. The highest BCUT2D eigenvalue weighted by Gasteiger charge is 2.31. The summed E-state index contributed by atoms with van der Waals surface area (Å²) in [5.41, 5.74) is 1.40. The van der Waals surface area contributed by atoms with Gasteiger partial charge in [0, 0.05) is 5.56 Å². The first-order chi connectivity index (χ1) is 15.8. The van der Waals surface area contributed by atoms with E-state index in [1.165, 1.54) is 28.6 Å². The summed E-state index contributed by atoms with van der Waals surface area (Å²) in [5, 5.41) is 2.14. The normalized spacial score (nSPS) is 11.9. The number of anilines is 2. The minimum absolute atomic E-state index is 0.00545. The molecule has 0 bridgehead atoms. The second-order valence-electron chi connectivity index (χ2n) is 7.88. The Bertz CT molecular complexity index is 1320. The quantitative estimate of drug-likeness (QED) is 0.449. The number of carbonyl (C=O) groups is 1. The minimum atomic E-state index is -4.68. The van der Waals surface area contributed by atoms with Gasteiger partial charge in [-0.3, -0.25) is 9.10 Å². The van der Waals surface area contributed by atoms with Crippen LogP contribution in [0.15, 0.2) is 60.7 Å². The maximum atomic E-state index is 13.9. The van der Waals surface area contributed by atoms with Crippen molar-refractivity contribution >= 4 is 27.3 Å². The molecule has 0 aromatic heterocycles. The lowest BCUT2D eigenvalue weighted by Crippen LogP contribution is -2.29. The zero-order valence-electron chi connectivity index (χ0n) is 18.6. The Balaban J connectivity index is 1.80. The summed E-state index contributed by atoms with van der Waals surface area (Å²) in [4.78, 5) is 12.4. The Morgan fingerprint density at radius 1 is 0.941 bits per heavy atom. The van der Waals surface area contributed by atoms with E-state index >= 15 is 0 Å². The monoisotopic (exact) mass is 494 g/mol. The Hall–Kier alpha value is -3.40. The molecule has 0 atom stereocenters. The van der Waals surface area contributed by atoms with Crippen molar-refractivity contribution in [3.05, 3.63) is 94.3 Å². The van der Waals surface area contributed by atoms with E-state index in [9.17, 15) is 30.8 Å². The van der Waals surface area contributed by atoms with Crippen LogP contribution in [-0.4, -0.2) is 20.6 Å².